The van der Waals surface area contributed by atoms with Gasteiger partial charge in [0.15, 0.2) is 5.88 Å². The van der Waals surface area contributed by atoms with Gasteiger partial charge in [-0.2, -0.15) is 12.6 Å². The summed E-state index contributed by atoms with van der Waals surface area (Å²) < 4.78 is 5.29. The van der Waals surface area contributed by atoms with Crippen LogP contribution >= 0.6 is 12.6 Å². The first kappa shape index (κ1) is 13.4. The van der Waals surface area contributed by atoms with Crippen molar-refractivity contribution in [1.29, 1.82) is 0 Å². The summed E-state index contributed by atoms with van der Waals surface area (Å²) in [5, 5.41) is 0.0262. The normalized spacial score (nSPS) is 19.6. The molecule has 1 aliphatic heterocycles. The first-order chi connectivity index (χ1) is 7.43. The van der Waals surface area contributed by atoms with E-state index in [1.54, 1.807) is 0 Å². The lowest BCUT2D eigenvalue weighted by atomic mass is 9.98. The van der Waals surface area contributed by atoms with Crippen molar-refractivity contribution in [3.8, 4) is 0 Å². The maximum absolute atomic E-state index is 5.82. The van der Waals surface area contributed by atoms with Crippen molar-refractivity contribution < 1.29 is 4.74 Å². The molecule has 0 saturated heterocycles. The molecule has 0 bridgehead atoms. The van der Waals surface area contributed by atoms with E-state index >= 15 is 0 Å². The molecule has 0 aliphatic carbocycles. The van der Waals surface area contributed by atoms with E-state index in [1.807, 2.05) is 0 Å². The highest BCUT2D eigenvalue weighted by Gasteiger charge is 2.22. The van der Waals surface area contributed by atoms with Crippen molar-refractivity contribution >= 4 is 18.3 Å². The van der Waals surface area contributed by atoms with Gasteiger partial charge in [0.25, 0.3) is 0 Å². The Balaban J connectivity index is 2.96. The summed E-state index contributed by atoms with van der Waals surface area (Å²) in [6.07, 6.45) is 0.863. The van der Waals surface area contributed by atoms with Crippen LogP contribution < -0.4 is 5.73 Å². The summed E-state index contributed by atoms with van der Waals surface area (Å²) in [6.45, 7) is 9.15. The van der Waals surface area contributed by atoms with Gasteiger partial charge in [0.05, 0.1) is 12.0 Å². The fourth-order valence-corrected chi connectivity index (χ4v) is 1.72. The van der Waals surface area contributed by atoms with E-state index in [1.165, 1.54) is 0 Å². The molecule has 0 fully saturated rings. The van der Waals surface area contributed by atoms with Gasteiger partial charge in [-0.3, -0.25) is 4.99 Å². The van der Waals surface area contributed by atoms with Gasteiger partial charge in [-0.05, 0) is 11.8 Å². The van der Waals surface area contributed by atoms with Crippen LogP contribution in [0.5, 0.6) is 0 Å². The molecule has 0 spiro atoms. The second-order valence-corrected chi connectivity index (χ2v) is 5.30. The van der Waals surface area contributed by atoms with E-state index in [2.05, 4.69) is 45.3 Å². The number of nitrogens with two attached hydrogens (primary N) is 1. The third kappa shape index (κ3) is 3.17. The molecular formula is C12H22N2OS. The van der Waals surface area contributed by atoms with Gasteiger partial charge in [0.1, 0.15) is 0 Å². The maximum Gasteiger partial charge on any atom is 0.189 e. The molecule has 0 aromatic carbocycles. The van der Waals surface area contributed by atoms with E-state index in [0.717, 1.165) is 17.7 Å². The zero-order chi connectivity index (χ0) is 12.3. The predicted molar refractivity (Wildman–Crippen MR) is 71.7 cm³/mol. The Hall–Kier alpha value is -0.640. The minimum absolute atomic E-state index is 0.0262. The van der Waals surface area contributed by atoms with Crippen molar-refractivity contribution in [1.82, 2.24) is 0 Å². The number of nitrogens with zero attached hydrogens (tertiary/aromatic N) is 1. The van der Waals surface area contributed by atoms with Gasteiger partial charge in [-0.15, -0.1) is 0 Å². The molecule has 0 radical (unpaired) electrons. The Bertz CT molecular complexity index is 308. The van der Waals surface area contributed by atoms with Gasteiger partial charge in [0, 0.05) is 17.7 Å². The molecule has 1 heterocycles. The molecule has 1 atom stereocenters. The highest BCUT2D eigenvalue weighted by atomic mass is 32.1. The van der Waals surface area contributed by atoms with Crippen LogP contribution in [0.2, 0.25) is 0 Å². The summed E-state index contributed by atoms with van der Waals surface area (Å²) in [4.78, 5) is 4.67. The topological polar surface area (TPSA) is 47.6 Å². The van der Waals surface area contributed by atoms with Gasteiger partial charge >= 0.3 is 0 Å². The van der Waals surface area contributed by atoms with E-state index < -0.39 is 0 Å². The van der Waals surface area contributed by atoms with Crippen molar-refractivity contribution in [3.63, 3.8) is 0 Å². The number of rotatable bonds is 4. The standard InChI is InChI=1S/C12H22N2OS/c1-7(2)10(14-12(16)8(3)4)9-5-6-15-11(9)13/h7-8,12,16H,5-6,13H2,1-4H3/b14-10-. The largest absolute Gasteiger partial charge is 0.479 e. The Morgan fingerprint density at radius 2 is 2.00 bits per heavy atom. The zero-order valence-electron chi connectivity index (χ0n) is 10.5. The molecule has 16 heavy (non-hydrogen) atoms. The van der Waals surface area contributed by atoms with E-state index in [4.69, 9.17) is 10.5 Å². The van der Waals surface area contributed by atoms with Gasteiger partial charge in [-0.25, -0.2) is 0 Å². The highest BCUT2D eigenvalue weighted by Crippen LogP contribution is 2.23. The van der Waals surface area contributed by atoms with Gasteiger partial charge < -0.3 is 10.5 Å². The highest BCUT2D eigenvalue weighted by molar-refractivity contribution is 7.80. The molecule has 2 N–H and O–H groups in total. The molecule has 3 nitrogen and oxygen atoms in total. The van der Waals surface area contributed by atoms with Crippen molar-refractivity contribution in [2.45, 2.75) is 39.5 Å². The van der Waals surface area contributed by atoms with Crippen LogP contribution in [0.4, 0.5) is 0 Å². The van der Waals surface area contributed by atoms with Crippen LogP contribution in [0.3, 0.4) is 0 Å². The van der Waals surface area contributed by atoms with Crippen LogP contribution in [0.1, 0.15) is 34.1 Å². The fourth-order valence-electron chi connectivity index (χ4n) is 1.59. The quantitative estimate of drug-likeness (QED) is 0.588. The molecule has 1 rings (SSSR count). The maximum atomic E-state index is 5.82. The Kier molecular flexibility index (Phi) is 4.71. The third-order valence-electron chi connectivity index (χ3n) is 2.63. The summed E-state index contributed by atoms with van der Waals surface area (Å²) in [7, 11) is 0. The van der Waals surface area contributed by atoms with Gasteiger partial charge in [-0.1, -0.05) is 27.7 Å². The smallest absolute Gasteiger partial charge is 0.189 e. The Morgan fingerprint density at radius 3 is 2.38 bits per heavy atom. The Morgan fingerprint density at radius 1 is 1.38 bits per heavy atom. The number of hydrogen-bond acceptors (Lipinski definition) is 4. The third-order valence-corrected chi connectivity index (χ3v) is 3.34. The number of ether oxygens (including phenoxy) is 1. The number of aliphatic imine (C=N–C) groups is 1. The minimum Gasteiger partial charge on any atom is -0.479 e. The molecule has 1 unspecified atom stereocenters. The second-order valence-electron chi connectivity index (χ2n) is 4.77. The van der Waals surface area contributed by atoms with E-state index in [-0.39, 0.29) is 5.37 Å². The average molecular weight is 242 g/mol. The summed E-state index contributed by atoms with van der Waals surface area (Å²) in [5.41, 5.74) is 7.93. The first-order valence-electron chi connectivity index (χ1n) is 5.81. The summed E-state index contributed by atoms with van der Waals surface area (Å²) in [6, 6.07) is 0. The zero-order valence-corrected chi connectivity index (χ0v) is 11.4. The monoisotopic (exact) mass is 242 g/mol. The van der Waals surface area contributed by atoms with Crippen molar-refractivity contribution in [2.24, 2.45) is 22.6 Å². The minimum atomic E-state index is 0.0262. The average Bonchev–Trinajstić information content (AvgIpc) is 2.59. The molecule has 0 aromatic rings. The SMILES string of the molecule is CC(C)/C(=N/C(S)C(C)C)C1=C(N)OCC1. The first-order valence-corrected chi connectivity index (χ1v) is 6.32. The van der Waals surface area contributed by atoms with Crippen LogP contribution in [0.25, 0.3) is 0 Å². The lowest BCUT2D eigenvalue weighted by Crippen LogP contribution is -2.18. The summed E-state index contributed by atoms with van der Waals surface area (Å²) >= 11 is 4.49. The van der Waals surface area contributed by atoms with Gasteiger partial charge in [0.2, 0.25) is 0 Å². The molecule has 4 heteroatoms. The molecule has 0 saturated carbocycles. The molecule has 0 amide bonds. The Labute approximate surface area is 104 Å². The van der Waals surface area contributed by atoms with Crippen LogP contribution in [-0.4, -0.2) is 17.7 Å². The van der Waals surface area contributed by atoms with Crippen LogP contribution in [0, 0.1) is 11.8 Å². The van der Waals surface area contributed by atoms with Crippen molar-refractivity contribution in [3.05, 3.63) is 11.5 Å². The summed E-state index contributed by atoms with van der Waals surface area (Å²) in [5.74, 6) is 1.31. The predicted octanol–water partition coefficient (Wildman–Crippen LogP) is 2.59. The number of thiol groups is 1. The molecule has 1 aliphatic rings. The number of hydrogen-bond donors (Lipinski definition) is 2. The lowest BCUT2D eigenvalue weighted by molar-refractivity contribution is 0.242. The van der Waals surface area contributed by atoms with E-state index in [9.17, 15) is 0 Å². The fraction of sp³-hybridized carbons (Fsp3) is 0.750. The molecule has 92 valence electrons. The van der Waals surface area contributed by atoms with E-state index in [0.29, 0.717) is 24.3 Å². The lowest BCUT2D eigenvalue weighted by Gasteiger charge is -2.16. The van der Waals surface area contributed by atoms with Crippen LogP contribution in [-0.2, 0) is 4.74 Å². The van der Waals surface area contributed by atoms with Crippen molar-refractivity contribution in [2.75, 3.05) is 6.61 Å². The molecular weight excluding hydrogens is 220 g/mol. The second kappa shape index (κ2) is 5.62. The molecule has 0 aromatic heterocycles. The van der Waals surface area contributed by atoms with Crippen LogP contribution in [0.15, 0.2) is 16.4 Å².